The lowest BCUT2D eigenvalue weighted by Crippen LogP contribution is -2.52. The Morgan fingerprint density at radius 2 is 2.50 bits per heavy atom. The van der Waals surface area contributed by atoms with Crippen LogP contribution in [0.25, 0.3) is 0 Å². The molecule has 1 heterocycles. The van der Waals surface area contributed by atoms with E-state index in [0.29, 0.717) is 19.6 Å². The minimum absolute atomic E-state index is 0.0174. The molecule has 0 aromatic heterocycles. The van der Waals surface area contributed by atoms with Gasteiger partial charge in [0.05, 0.1) is 12.6 Å². The minimum Gasteiger partial charge on any atom is -0.312 e. The number of piperazine rings is 1. The summed E-state index contributed by atoms with van der Waals surface area (Å²) in [4.78, 5) is 10.3. The zero-order valence-corrected chi connectivity index (χ0v) is 5.91. The SMILES string of the molecule is CC1CNCCN1[N+](=O)[O-]. The van der Waals surface area contributed by atoms with Crippen molar-refractivity contribution in [2.45, 2.75) is 13.0 Å². The highest BCUT2D eigenvalue weighted by molar-refractivity contribution is 4.69. The van der Waals surface area contributed by atoms with Crippen molar-refractivity contribution in [3.63, 3.8) is 0 Å². The number of nitrogens with one attached hydrogen (secondary N) is 1. The monoisotopic (exact) mass is 145 g/mol. The van der Waals surface area contributed by atoms with Gasteiger partial charge in [-0.3, -0.25) is 0 Å². The Kier molecular flexibility index (Phi) is 2.06. The maximum absolute atomic E-state index is 10.3. The Labute approximate surface area is 59.1 Å². The molecule has 1 rings (SSSR count). The van der Waals surface area contributed by atoms with Gasteiger partial charge < -0.3 is 5.32 Å². The zero-order chi connectivity index (χ0) is 7.56. The van der Waals surface area contributed by atoms with Gasteiger partial charge in [-0.2, -0.15) is 0 Å². The lowest BCUT2D eigenvalue weighted by Gasteiger charge is -2.26. The molecule has 5 nitrogen and oxygen atoms in total. The molecule has 5 heteroatoms. The van der Waals surface area contributed by atoms with Crippen molar-refractivity contribution < 1.29 is 5.03 Å². The van der Waals surface area contributed by atoms with Crippen molar-refractivity contribution in [3.05, 3.63) is 10.1 Å². The highest BCUT2D eigenvalue weighted by atomic mass is 16.7. The standard InChI is InChI=1S/C5H11N3O2/c1-5-4-6-2-3-7(5)8(9)10/h5-6H,2-4H2,1H3. The zero-order valence-electron chi connectivity index (χ0n) is 5.91. The predicted molar refractivity (Wildman–Crippen MR) is 36.0 cm³/mol. The van der Waals surface area contributed by atoms with Crippen molar-refractivity contribution in [3.8, 4) is 0 Å². The molecule has 1 atom stereocenters. The summed E-state index contributed by atoms with van der Waals surface area (Å²) in [6.45, 7) is 3.77. The third-order valence-electron chi connectivity index (χ3n) is 1.68. The molecular weight excluding hydrogens is 134 g/mol. The highest BCUT2D eigenvalue weighted by Crippen LogP contribution is 2.00. The molecule has 0 aromatic carbocycles. The Bertz CT molecular complexity index is 139. The second-order valence-electron chi connectivity index (χ2n) is 2.45. The summed E-state index contributed by atoms with van der Waals surface area (Å²) in [7, 11) is 0. The molecule has 0 saturated carbocycles. The van der Waals surface area contributed by atoms with Crippen LogP contribution in [-0.2, 0) is 0 Å². The summed E-state index contributed by atoms with van der Waals surface area (Å²) < 4.78 is 0. The minimum atomic E-state index is -0.328. The van der Waals surface area contributed by atoms with Crippen LogP contribution in [-0.4, -0.2) is 35.7 Å². The van der Waals surface area contributed by atoms with Gasteiger partial charge in [-0.1, -0.05) is 0 Å². The van der Waals surface area contributed by atoms with Crippen molar-refractivity contribution >= 4 is 0 Å². The fourth-order valence-electron chi connectivity index (χ4n) is 1.07. The van der Waals surface area contributed by atoms with Crippen LogP contribution < -0.4 is 5.32 Å². The summed E-state index contributed by atoms with van der Waals surface area (Å²) in [6.07, 6.45) is 0. The quantitative estimate of drug-likeness (QED) is 0.398. The average molecular weight is 145 g/mol. The highest BCUT2D eigenvalue weighted by Gasteiger charge is 2.24. The van der Waals surface area contributed by atoms with Gasteiger partial charge in [0.1, 0.15) is 0 Å². The van der Waals surface area contributed by atoms with Crippen LogP contribution in [0, 0.1) is 10.1 Å². The van der Waals surface area contributed by atoms with Crippen LogP contribution in [0.15, 0.2) is 0 Å². The first-order valence-corrected chi connectivity index (χ1v) is 3.33. The van der Waals surface area contributed by atoms with E-state index in [1.165, 1.54) is 5.01 Å². The molecule has 0 aromatic rings. The molecule has 1 unspecified atom stereocenters. The van der Waals surface area contributed by atoms with Gasteiger partial charge in [-0.25, -0.2) is 10.1 Å². The normalized spacial score (nSPS) is 26.5. The number of rotatable bonds is 1. The number of hydrogen-bond acceptors (Lipinski definition) is 3. The van der Waals surface area contributed by atoms with E-state index in [-0.39, 0.29) is 11.1 Å². The first-order valence-electron chi connectivity index (χ1n) is 3.33. The number of nitrogens with zero attached hydrogens (tertiary/aromatic N) is 2. The summed E-state index contributed by atoms with van der Waals surface area (Å²) in [5.74, 6) is 0. The van der Waals surface area contributed by atoms with Gasteiger partial charge in [0.15, 0.2) is 5.03 Å². The molecule has 1 aliphatic heterocycles. The molecular formula is C5H11N3O2. The summed E-state index contributed by atoms with van der Waals surface area (Å²) in [5, 5.41) is 14.3. The fourth-order valence-corrected chi connectivity index (χ4v) is 1.07. The lowest BCUT2D eigenvalue weighted by molar-refractivity contribution is -0.664. The summed E-state index contributed by atoms with van der Waals surface area (Å²) >= 11 is 0. The van der Waals surface area contributed by atoms with Gasteiger partial charge in [-0.05, 0) is 6.92 Å². The molecule has 1 fully saturated rings. The van der Waals surface area contributed by atoms with Gasteiger partial charge in [0.2, 0.25) is 0 Å². The fraction of sp³-hybridized carbons (Fsp3) is 1.00. The number of hydrazine groups is 1. The molecule has 0 radical (unpaired) electrons. The topological polar surface area (TPSA) is 58.4 Å². The molecule has 10 heavy (non-hydrogen) atoms. The van der Waals surface area contributed by atoms with Crippen LogP contribution in [0.4, 0.5) is 0 Å². The van der Waals surface area contributed by atoms with Crippen molar-refractivity contribution in [1.82, 2.24) is 10.3 Å². The van der Waals surface area contributed by atoms with E-state index in [2.05, 4.69) is 5.32 Å². The molecule has 1 aliphatic rings. The van der Waals surface area contributed by atoms with Crippen LogP contribution in [0.1, 0.15) is 6.92 Å². The molecule has 1 saturated heterocycles. The smallest absolute Gasteiger partial charge is 0.160 e. The predicted octanol–water partition coefficient (Wildman–Crippen LogP) is -0.528. The van der Waals surface area contributed by atoms with Gasteiger partial charge in [0, 0.05) is 13.1 Å². The second-order valence-corrected chi connectivity index (χ2v) is 2.45. The van der Waals surface area contributed by atoms with Crippen molar-refractivity contribution in [1.29, 1.82) is 0 Å². The van der Waals surface area contributed by atoms with Crippen LogP contribution in [0.5, 0.6) is 0 Å². The van der Waals surface area contributed by atoms with E-state index in [0.717, 1.165) is 0 Å². The average Bonchev–Trinajstić information content (AvgIpc) is 1.88. The van der Waals surface area contributed by atoms with Gasteiger partial charge in [0.25, 0.3) is 0 Å². The largest absolute Gasteiger partial charge is 0.312 e. The molecule has 0 spiro atoms. The summed E-state index contributed by atoms with van der Waals surface area (Å²) in [5.41, 5.74) is 0. The molecule has 58 valence electrons. The van der Waals surface area contributed by atoms with Crippen LogP contribution in [0.3, 0.4) is 0 Å². The van der Waals surface area contributed by atoms with E-state index in [1.807, 2.05) is 6.92 Å². The Balaban J connectivity index is 2.47. The molecule has 0 bridgehead atoms. The van der Waals surface area contributed by atoms with Crippen molar-refractivity contribution in [2.24, 2.45) is 0 Å². The van der Waals surface area contributed by atoms with Gasteiger partial charge >= 0.3 is 0 Å². The van der Waals surface area contributed by atoms with E-state index in [9.17, 15) is 10.1 Å². The first kappa shape index (κ1) is 7.27. The Morgan fingerprint density at radius 3 is 2.90 bits per heavy atom. The van der Waals surface area contributed by atoms with Crippen LogP contribution >= 0.6 is 0 Å². The Morgan fingerprint density at radius 1 is 1.80 bits per heavy atom. The maximum atomic E-state index is 10.3. The van der Waals surface area contributed by atoms with Gasteiger partial charge in [-0.15, -0.1) is 5.01 Å². The maximum Gasteiger partial charge on any atom is 0.160 e. The van der Waals surface area contributed by atoms with Crippen LogP contribution in [0.2, 0.25) is 0 Å². The first-order chi connectivity index (χ1) is 4.72. The van der Waals surface area contributed by atoms with E-state index in [1.54, 1.807) is 0 Å². The summed E-state index contributed by atoms with van der Waals surface area (Å²) in [6, 6.07) is 0.0174. The van der Waals surface area contributed by atoms with Crippen molar-refractivity contribution in [2.75, 3.05) is 19.6 Å². The number of hydrogen-bond donors (Lipinski definition) is 1. The molecule has 1 N–H and O–H groups in total. The molecule has 0 aliphatic carbocycles. The second kappa shape index (κ2) is 2.83. The molecule has 0 amide bonds. The Hall–Kier alpha value is -0.840. The third kappa shape index (κ3) is 1.36. The van der Waals surface area contributed by atoms with E-state index >= 15 is 0 Å². The van der Waals surface area contributed by atoms with E-state index < -0.39 is 0 Å². The third-order valence-corrected chi connectivity index (χ3v) is 1.68. The number of nitro groups is 1. The lowest BCUT2D eigenvalue weighted by atomic mass is 10.3. The van der Waals surface area contributed by atoms with E-state index in [4.69, 9.17) is 0 Å².